The van der Waals surface area contributed by atoms with Crippen LogP contribution < -0.4 is 0 Å². The molecule has 0 N–H and O–H groups in total. The topological polar surface area (TPSA) is 78.9 Å². The first-order valence-electron chi connectivity index (χ1n) is 27.8. The highest BCUT2D eigenvalue weighted by Gasteiger charge is 2.19. The Morgan fingerprint density at radius 3 is 1.04 bits per heavy atom. The van der Waals surface area contributed by atoms with Gasteiger partial charge in [0.1, 0.15) is 13.2 Å². The molecule has 6 nitrogen and oxygen atoms in total. The van der Waals surface area contributed by atoms with E-state index in [1.54, 1.807) is 0 Å². The third-order valence-electron chi connectivity index (χ3n) is 10.9. The maximum Gasteiger partial charge on any atom is 0.306 e. The smallest absolute Gasteiger partial charge is 0.306 e. The third-order valence-corrected chi connectivity index (χ3v) is 10.9. The summed E-state index contributed by atoms with van der Waals surface area (Å²) in [5, 5.41) is 0. The zero-order valence-corrected chi connectivity index (χ0v) is 44.9. The molecule has 6 heteroatoms. The van der Waals surface area contributed by atoms with Crippen molar-refractivity contribution >= 4 is 17.9 Å². The minimum absolute atomic E-state index is 0.127. The number of rotatable bonds is 47. The van der Waals surface area contributed by atoms with Gasteiger partial charge in [-0.1, -0.05) is 249 Å². The van der Waals surface area contributed by atoms with Crippen LogP contribution in [0.25, 0.3) is 0 Å². The molecule has 0 aromatic heterocycles. The molecule has 0 spiro atoms. The molecule has 0 aliphatic rings. The predicted octanol–water partition coefficient (Wildman–Crippen LogP) is 18.8. The molecule has 0 heterocycles. The molecular weight excluding hydrogens is 877 g/mol. The molecule has 0 aliphatic carbocycles. The summed E-state index contributed by atoms with van der Waals surface area (Å²) in [4.78, 5) is 38.1. The lowest BCUT2D eigenvalue weighted by Crippen LogP contribution is -2.30. The van der Waals surface area contributed by atoms with E-state index in [9.17, 15) is 14.4 Å². The average molecular weight is 975 g/mol. The third kappa shape index (κ3) is 55.6. The zero-order valence-electron chi connectivity index (χ0n) is 44.9. The fraction of sp³-hybridized carbons (Fsp3) is 0.523. The highest BCUT2D eigenvalue weighted by Crippen LogP contribution is 2.12. The van der Waals surface area contributed by atoms with Gasteiger partial charge >= 0.3 is 17.9 Å². The first-order valence-corrected chi connectivity index (χ1v) is 27.8. The minimum Gasteiger partial charge on any atom is -0.462 e. The zero-order chi connectivity index (χ0) is 51.4. The Labute approximate surface area is 434 Å². The number of unbranched alkanes of at least 4 members (excludes halogenated alkanes) is 16. The molecule has 0 saturated heterocycles. The summed E-state index contributed by atoms with van der Waals surface area (Å²) in [6.07, 6.45) is 84.7. The maximum absolute atomic E-state index is 12.9. The predicted molar refractivity (Wildman–Crippen MR) is 306 cm³/mol. The number of ether oxygens (including phenoxy) is 3. The maximum atomic E-state index is 12.9. The van der Waals surface area contributed by atoms with Gasteiger partial charge in [-0.15, -0.1) is 0 Å². The SMILES string of the molecule is CC\C=C/C=C\C=C/C=C\C=C\C=C/C=C\CCCCCC(=O)OCC(COC(=O)CCCCC/C=C\C/C=C\C/C=C\C/C=C\CC)OC(=O)CCCCCCC\C=C/C=C\C=C/CCCCCCC. The molecule has 0 aromatic rings. The molecule has 1 unspecified atom stereocenters. The van der Waals surface area contributed by atoms with Crippen molar-refractivity contribution in [1.29, 1.82) is 0 Å². The standard InChI is InChI=1S/C65H98O6/c1-4-7-10-13-16-19-22-25-28-31-33-35-37-40-43-46-49-52-55-58-64(67)70-61-62(60-69-63(66)57-54-51-48-45-42-39-36-30-27-24-21-18-15-12-9-6-3)71-65(68)59-56-53-50-47-44-41-38-34-32-29-26-23-20-17-14-11-8-5-2/h7,9-10,12-13,16,18-19,21-23,25-35,37-40,42-43,62H,4-6,8,11,14-15,17,20,24,36,41,44-61H2,1-3H3/b10-7-,12-9-,16-13-,21-18-,22-19-,26-23-,28-25-,30-27-,32-29-,33-31+,37-35-,38-34-,42-39-,43-40-. The summed E-state index contributed by atoms with van der Waals surface area (Å²) in [6, 6.07) is 0. The van der Waals surface area contributed by atoms with Crippen LogP contribution in [-0.4, -0.2) is 37.2 Å². The van der Waals surface area contributed by atoms with Gasteiger partial charge in [0.15, 0.2) is 6.10 Å². The lowest BCUT2D eigenvalue weighted by molar-refractivity contribution is -0.167. The number of allylic oxidation sites excluding steroid dienone is 28. The van der Waals surface area contributed by atoms with Gasteiger partial charge in [0, 0.05) is 19.3 Å². The summed E-state index contributed by atoms with van der Waals surface area (Å²) in [5.74, 6) is -1.03. The fourth-order valence-corrected chi connectivity index (χ4v) is 6.83. The Balaban J connectivity index is 4.63. The number of carbonyl (C=O) groups is 3. The summed E-state index contributed by atoms with van der Waals surface area (Å²) < 4.78 is 16.8. The molecule has 0 rings (SSSR count). The van der Waals surface area contributed by atoms with Gasteiger partial charge in [0.2, 0.25) is 0 Å². The van der Waals surface area contributed by atoms with Gasteiger partial charge in [-0.25, -0.2) is 0 Å². The van der Waals surface area contributed by atoms with Crippen molar-refractivity contribution in [2.75, 3.05) is 13.2 Å². The Kier molecular flexibility index (Phi) is 53.1. The van der Waals surface area contributed by atoms with Gasteiger partial charge in [-0.2, -0.15) is 0 Å². The van der Waals surface area contributed by atoms with Crippen LogP contribution in [0.5, 0.6) is 0 Å². The highest BCUT2D eigenvalue weighted by atomic mass is 16.6. The first kappa shape index (κ1) is 65.8. The molecule has 394 valence electrons. The van der Waals surface area contributed by atoms with E-state index < -0.39 is 6.10 Å². The number of esters is 3. The van der Waals surface area contributed by atoms with Crippen molar-refractivity contribution in [3.63, 3.8) is 0 Å². The van der Waals surface area contributed by atoms with E-state index in [0.717, 1.165) is 122 Å². The van der Waals surface area contributed by atoms with Gasteiger partial charge in [0.05, 0.1) is 0 Å². The lowest BCUT2D eigenvalue weighted by Gasteiger charge is -2.18. The van der Waals surface area contributed by atoms with E-state index in [1.165, 1.54) is 32.1 Å². The number of hydrogen-bond donors (Lipinski definition) is 0. The van der Waals surface area contributed by atoms with Crippen LogP contribution in [0.4, 0.5) is 0 Å². The van der Waals surface area contributed by atoms with E-state index in [4.69, 9.17) is 14.2 Å². The van der Waals surface area contributed by atoms with E-state index in [1.807, 2.05) is 72.9 Å². The Morgan fingerprint density at radius 1 is 0.310 bits per heavy atom. The molecule has 0 amide bonds. The van der Waals surface area contributed by atoms with E-state index in [0.29, 0.717) is 12.8 Å². The molecule has 1 atom stereocenters. The molecule has 0 saturated carbocycles. The van der Waals surface area contributed by atoms with Crippen LogP contribution >= 0.6 is 0 Å². The number of hydrogen-bond acceptors (Lipinski definition) is 6. The Hall–Kier alpha value is -5.23. The highest BCUT2D eigenvalue weighted by molar-refractivity contribution is 5.71. The molecule has 0 radical (unpaired) electrons. The summed E-state index contributed by atoms with van der Waals surface area (Å²) in [5.41, 5.74) is 0. The summed E-state index contributed by atoms with van der Waals surface area (Å²) in [6.45, 7) is 6.25. The normalized spacial score (nSPS) is 13.5. The van der Waals surface area contributed by atoms with Crippen molar-refractivity contribution in [2.24, 2.45) is 0 Å². The quantitative estimate of drug-likeness (QED) is 0.0199. The molecule has 0 aromatic carbocycles. The van der Waals surface area contributed by atoms with Crippen LogP contribution in [0.2, 0.25) is 0 Å². The monoisotopic (exact) mass is 975 g/mol. The second-order valence-electron chi connectivity index (χ2n) is 17.6. The Morgan fingerprint density at radius 2 is 0.620 bits per heavy atom. The molecule has 0 bridgehead atoms. The summed E-state index contributed by atoms with van der Waals surface area (Å²) >= 11 is 0. The lowest BCUT2D eigenvalue weighted by atomic mass is 10.1. The van der Waals surface area contributed by atoms with Gasteiger partial charge in [0.25, 0.3) is 0 Å². The van der Waals surface area contributed by atoms with Crippen LogP contribution in [0, 0.1) is 0 Å². The minimum atomic E-state index is -0.832. The number of carbonyl (C=O) groups excluding carboxylic acids is 3. The molecule has 0 fully saturated rings. The van der Waals surface area contributed by atoms with Gasteiger partial charge in [-0.05, 0) is 103 Å². The van der Waals surface area contributed by atoms with E-state index >= 15 is 0 Å². The van der Waals surface area contributed by atoms with Crippen molar-refractivity contribution in [3.8, 4) is 0 Å². The first-order chi connectivity index (χ1) is 35.0. The van der Waals surface area contributed by atoms with E-state index in [2.05, 4.69) is 118 Å². The molecule has 0 aliphatic heterocycles. The second-order valence-corrected chi connectivity index (χ2v) is 17.6. The van der Waals surface area contributed by atoms with Crippen LogP contribution in [-0.2, 0) is 28.6 Å². The van der Waals surface area contributed by atoms with E-state index in [-0.39, 0.29) is 44.0 Å². The second kappa shape index (κ2) is 57.3. The average Bonchev–Trinajstić information content (AvgIpc) is 3.37. The van der Waals surface area contributed by atoms with Crippen molar-refractivity contribution in [3.05, 3.63) is 170 Å². The van der Waals surface area contributed by atoms with Crippen molar-refractivity contribution < 1.29 is 28.6 Å². The van der Waals surface area contributed by atoms with Crippen LogP contribution in [0.3, 0.4) is 0 Å². The fourth-order valence-electron chi connectivity index (χ4n) is 6.83. The van der Waals surface area contributed by atoms with Crippen LogP contribution in [0.1, 0.15) is 201 Å². The van der Waals surface area contributed by atoms with Gasteiger partial charge < -0.3 is 14.2 Å². The Bertz CT molecular complexity index is 1690. The molecule has 71 heavy (non-hydrogen) atoms. The van der Waals surface area contributed by atoms with Crippen molar-refractivity contribution in [1.82, 2.24) is 0 Å². The largest absolute Gasteiger partial charge is 0.462 e. The van der Waals surface area contributed by atoms with Crippen LogP contribution in [0.15, 0.2) is 170 Å². The molecular formula is C65H98O6. The van der Waals surface area contributed by atoms with Gasteiger partial charge in [-0.3, -0.25) is 14.4 Å². The summed E-state index contributed by atoms with van der Waals surface area (Å²) in [7, 11) is 0. The van der Waals surface area contributed by atoms with Crippen molar-refractivity contribution in [2.45, 2.75) is 207 Å².